The van der Waals surface area contributed by atoms with Gasteiger partial charge >= 0.3 is 0 Å². The number of aromatic hydroxyl groups is 1. The molecule has 0 aliphatic carbocycles. The Kier molecular flexibility index (Phi) is 2.26. The van der Waals surface area contributed by atoms with Crippen molar-refractivity contribution < 1.29 is 14.6 Å². The predicted octanol–water partition coefficient (Wildman–Crippen LogP) is 1.50. The number of ether oxygens (including phenoxy) is 1. The molecular weight excluding hydrogens is 182 g/mol. The monoisotopic (exact) mass is 193 g/mol. The van der Waals surface area contributed by atoms with Crippen molar-refractivity contribution in [1.82, 2.24) is 0 Å². The Morgan fingerprint density at radius 1 is 1.43 bits per heavy atom. The standard InChI is InChI=1S/C10H11NO3/c12-8-4-1-3-7-10(8)14-6-2-5-9(13)11-7/h1,3-4,12H,2,5-6H2,(H,11,13). The van der Waals surface area contributed by atoms with Gasteiger partial charge in [-0.2, -0.15) is 0 Å². The van der Waals surface area contributed by atoms with Crippen molar-refractivity contribution in [3.05, 3.63) is 18.2 Å². The average molecular weight is 193 g/mol. The Hall–Kier alpha value is -1.71. The molecule has 1 aliphatic rings. The van der Waals surface area contributed by atoms with E-state index in [1.165, 1.54) is 6.07 Å². The number of anilines is 1. The van der Waals surface area contributed by atoms with Crippen LogP contribution in [0.5, 0.6) is 11.5 Å². The topological polar surface area (TPSA) is 58.6 Å². The van der Waals surface area contributed by atoms with E-state index < -0.39 is 0 Å². The summed E-state index contributed by atoms with van der Waals surface area (Å²) in [5.41, 5.74) is 0.537. The normalized spacial score (nSPS) is 15.9. The first kappa shape index (κ1) is 8.87. The van der Waals surface area contributed by atoms with Gasteiger partial charge in [0.05, 0.1) is 12.3 Å². The van der Waals surface area contributed by atoms with Gasteiger partial charge in [-0.15, -0.1) is 0 Å². The summed E-state index contributed by atoms with van der Waals surface area (Å²) in [5.74, 6) is 0.380. The number of rotatable bonds is 0. The highest BCUT2D eigenvalue weighted by atomic mass is 16.5. The predicted molar refractivity (Wildman–Crippen MR) is 51.5 cm³/mol. The summed E-state index contributed by atoms with van der Waals surface area (Å²) in [7, 11) is 0. The highest BCUT2D eigenvalue weighted by Gasteiger charge is 2.14. The number of benzene rings is 1. The number of hydrogen-bond acceptors (Lipinski definition) is 3. The summed E-state index contributed by atoms with van der Waals surface area (Å²) >= 11 is 0. The van der Waals surface area contributed by atoms with E-state index in [0.717, 1.165) is 0 Å². The molecule has 0 fully saturated rings. The third-order valence-corrected chi connectivity index (χ3v) is 2.06. The zero-order valence-corrected chi connectivity index (χ0v) is 7.62. The van der Waals surface area contributed by atoms with Crippen LogP contribution in [0.15, 0.2) is 18.2 Å². The van der Waals surface area contributed by atoms with E-state index in [1.807, 2.05) is 0 Å². The lowest BCUT2D eigenvalue weighted by Gasteiger charge is -2.16. The molecule has 0 aromatic heterocycles. The summed E-state index contributed by atoms with van der Waals surface area (Å²) < 4.78 is 5.34. The lowest BCUT2D eigenvalue weighted by Crippen LogP contribution is -2.16. The number of carbonyl (C=O) groups excluding carboxylic acids is 1. The van der Waals surface area contributed by atoms with E-state index in [-0.39, 0.29) is 11.7 Å². The Morgan fingerprint density at radius 2 is 2.29 bits per heavy atom. The summed E-state index contributed by atoms with van der Waals surface area (Å²) in [6.07, 6.45) is 1.12. The first-order valence-corrected chi connectivity index (χ1v) is 4.52. The summed E-state index contributed by atoms with van der Waals surface area (Å²) in [6.45, 7) is 0.456. The van der Waals surface area contributed by atoms with Gasteiger partial charge in [0.1, 0.15) is 0 Å². The number of nitrogens with one attached hydrogen (secondary N) is 1. The molecule has 0 spiro atoms. The molecule has 4 nitrogen and oxygen atoms in total. The van der Waals surface area contributed by atoms with Gasteiger partial charge in [-0.1, -0.05) is 6.07 Å². The van der Waals surface area contributed by atoms with Gasteiger partial charge in [0, 0.05) is 6.42 Å². The Morgan fingerprint density at radius 3 is 3.14 bits per heavy atom. The third-order valence-electron chi connectivity index (χ3n) is 2.06. The minimum atomic E-state index is -0.0415. The fourth-order valence-corrected chi connectivity index (χ4v) is 1.39. The summed E-state index contributed by atoms with van der Waals surface area (Å²) in [5, 5.41) is 12.2. The summed E-state index contributed by atoms with van der Waals surface area (Å²) in [6, 6.07) is 4.91. The van der Waals surface area contributed by atoms with Crippen LogP contribution in [0, 0.1) is 0 Å². The SMILES string of the molecule is O=C1CCCOc2c(O)cccc2N1. The lowest BCUT2D eigenvalue weighted by atomic mass is 10.2. The van der Waals surface area contributed by atoms with E-state index in [9.17, 15) is 9.90 Å². The van der Waals surface area contributed by atoms with Crippen LogP contribution < -0.4 is 10.1 Å². The maximum Gasteiger partial charge on any atom is 0.224 e. The minimum Gasteiger partial charge on any atom is -0.504 e. The van der Waals surface area contributed by atoms with E-state index >= 15 is 0 Å². The van der Waals surface area contributed by atoms with Gasteiger partial charge in [-0.05, 0) is 18.6 Å². The van der Waals surface area contributed by atoms with Crippen LogP contribution in [0.1, 0.15) is 12.8 Å². The molecule has 14 heavy (non-hydrogen) atoms. The van der Waals surface area contributed by atoms with Crippen LogP contribution in [0.3, 0.4) is 0 Å². The minimum absolute atomic E-state index is 0.0415. The van der Waals surface area contributed by atoms with Gasteiger partial charge in [-0.3, -0.25) is 4.79 Å². The number of phenols is 1. The molecule has 1 aromatic carbocycles. The maximum atomic E-state index is 11.3. The number of para-hydroxylation sites is 1. The number of fused-ring (bicyclic) bond motifs is 1. The van der Waals surface area contributed by atoms with Crippen molar-refractivity contribution in [2.24, 2.45) is 0 Å². The van der Waals surface area contributed by atoms with Gasteiger partial charge in [-0.25, -0.2) is 0 Å². The van der Waals surface area contributed by atoms with Gasteiger partial charge in [0.2, 0.25) is 5.91 Å². The van der Waals surface area contributed by atoms with Crippen LogP contribution in [-0.4, -0.2) is 17.6 Å². The fraction of sp³-hybridized carbons (Fsp3) is 0.300. The van der Waals surface area contributed by atoms with E-state index in [0.29, 0.717) is 30.9 Å². The molecular formula is C10H11NO3. The molecule has 0 saturated carbocycles. The van der Waals surface area contributed by atoms with E-state index in [2.05, 4.69) is 5.32 Å². The average Bonchev–Trinajstić information content (AvgIpc) is 2.12. The van der Waals surface area contributed by atoms with Gasteiger partial charge in [0.25, 0.3) is 0 Å². The second-order valence-electron chi connectivity index (χ2n) is 3.15. The molecule has 1 amide bonds. The molecule has 0 saturated heterocycles. The zero-order valence-electron chi connectivity index (χ0n) is 7.62. The fourth-order valence-electron chi connectivity index (χ4n) is 1.39. The molecule has 2 N–H and O–H groups in total. The van der Waals surface area contributed by atoms with Crippen molar-refractivity contribution >= 4 is 11.6 Å². The molecule has 74 valence electrons. The highest BCUT2D eigenvalue weighted by molar-refractivity contribution is 5.93. The molecule has 1 aromatic rings. The number of phenolic OH excluding ortho intramolecular Hbond substituents is 1. The van der Waals surface area contributed by atoms with Crippen LogP contribution in [0.4, 0.5) is 5.69 Å². The molecule has 1 aliphatic heterocycles. The highest BCUT2D eigenvalue weighted by Crippen LogP contribution is 2.35. The Balaban J connectivity index is 2.38. The number of hydrogen-bond donors (Lipinski definition) is 2. The quantitative estimate of drug-likeness (QED) is 0.656. The first-order valence-electron chi connectivity index (χ1n) is 4.52. The Labute approximate surface area is 81.5 Å². The van der Waals surface area contributed by atoms with Gasteiger partial charge < -0.3 is 15.2 Å². The van der Waals surface area contributed by atoms with Crippen molar-refractivity contribution in [1.29, 1.82) is 0 Å². The molecule has 0 radical (unpaired) electrons. The maximum absolute atomic E-state index is 11.3. The largest absolute Gasteiger partial charge is 0.504 e. The molecule has 4 heteroatoms. The van der Waals surface area contributed by atoms with Crippen molar-refractivity contribution in [2.45, 2.75) is 12.8 Å². The molecule has 0 bridgehead atoms. The first-order chi connectivity index (χ1) is 6.77. The van der Waals surface area contributed by atoms with Crippen LogP contribution in [-0.2, 0) is 4.79 Å². The third kappa shape index (κ3) is 1.64. The second-order valence-corrected chi connectivity index (χ2v) is 3.15. The van der Waals surface area contributed by atoms with Crippen molar-refractivity contribution in [2.75, 3.05) is 11.9 Å². The van der Waals surface area contributed by atoms with Crippen LogP contribution >= 0.6 is 0 Å². The molecule has 0 atom stereocenters. The molecule has 2 rings (SSSR count). The molecule has 0 unspecified atom stereocenters. The van der Waals surface area contributed by atoms with Crippen molar-refractivity contribution in [3.63, 3.8) is 0 Å². The lowest BCUT2D eigenvalue weighted by molar-refractivity contribution is -0.116. The molecule has 1 heterocycles. The van der Waals surface area contributed by atoms with Crippen molar-refractivity contribution in [3.8, 4) is 11.5 Å². The smallest absolute Gasteiger partial charge is 0.224 e. The van der Waals surface area contributed by atoms with E-state index in [1.54, 1.807) is 12.1 Å². The van der Waals surface area contributed by atoms with Gasteiger partial charge in [0.15, 0.2) is 11.5 Å². The van der Waals surface area contributed by atoms with Crippen LogP contribution in [0.2, 0.25) is 0 Å². The van der Waals surface area contributed by atoms with E-state index in [4.69, 9.17) is 4.74 Å². The van der Waals surface area contributed by atoms with Crippen LogP contribution in [0.25, 0.3) is 0 Å². The second kappa shape index (κ2) is 3.57. The Bertz CT molecular complexity index is 362. The number of amides is 1. The number of carbonyl (C=O) groups is 1. The summed E-state index contributed by atoms with van der Waals surface area (Å²) in [4.78, 5) is 11.3. The zero-order chi connectivity index (χ0) is 9.97.